The first-order valence-corrected chi connectivity index (χ1v) is 7.08. The number of rotatable bonds is 5. The van der Waals surface area contributed by atoms with E-state index in [0.717, 1.165) is 18.9 Å². The molecule has 1 aromatic carbocycles. The minimum atomic E-state index is -1.44. The van der Waals surface area contributed by atoms with Gasteiger partial charge in [0.2, 0.25) is 5.82 Å². The number of hydrogen-bond donors (Lipinski definition) is 1. The van der Waals surface area contributed by atoms with Crippen molar-refractivity contribution in [1.29, 1.82) is 0 Å². The number of nitro groups is 1. The first kappa shape index (κ1) is 14.7. The number of carbonyl (C=O) groups is 1. The number of nitrogens with zero attached hydrogens (tertiary/aromatic N) is 1. The van der Waals surface area contributed by atoms with Gasteiger partial charge in [-0.15, -0.1) is 0 Å². The fourth-order valence-electron chi connectivity index (χ4n) is 1.81. The van der Waals surface area contributed by atoms with Gasteiger partial charge in [0.05, 0.1) is 4.92 Å². The van der Waals surface area contributed by atoms with Crippen molar-refractivity contribution < 1.29 is 18.5 Å². The number of hydrogen-bond acceptors (Lipinski definition) is 4. The van der Waals surface area contributed by atoms with Crippen LogP contribution in [-0.4, -0.2) is 28.4 Å². The van der Waals surface area contributed by atoms with Gasteiger partial charge in [-0.3, -0.25) is 14.9 Å². The molecule has 1 aromatic rings. The summed E-state index contributed by atoms with van der Waals surface area (Å²) in [5, 5.41) is 13.0. The number of carbonyl (C=O) groups excluding carboxylic acids is 1. The predicted octanol–water partition coefficient (Wildman–Crippen LogP) is 2.50. The zero-order valence-corrected chi connectivity index (χ0v) is 11.4. The largest absolute Gasteiger partial charge is 0.350 e. The molecule has 0 aliphatic heterocycles. The number of thioether (sulfide) groups is 1. The van der Waals surface area contributed by atoms with E-state index in [2.05, 4.69) is 5.32 Å². The molecule has 1 aliphatic rings. The minimum absolute atomic E-state index is 0.0661. The Labute approximate surface area is 117 Å². The molecule has 1 saturated carbocycles. The Kier molecular flexibility index (Phi) is 3.94. The summed E-state index contributed by atoms with van der Waals surface area (Å²) in [5.74, 6) is -3.52. The Morgan fingerprint density at radius 1 is 1.50 bits per heavy atom. The molecular formula is C12H12F2N2O3S. The third kappa shape index (κ3) is 2.74. The summed E-state index contributed by atoms with van der Waals surface area (Å²) in [5.41, 5.74) is -1.82. The summed E-state index contributed by atoms with van der Waals surface area (Å²) < 4.78 is 27.3. The monoisotopic (exact) mass is 302 g/mol. The number of nitro benzene ring substituents is 1. The van der Waals surface area contributed by atoms with Gasteiger partial charge < -0.3 is 5.32 Å². The first-order valence-electron chi connectivity index (χ1n) is 5.86. The van der Waals surface area contributed by atoms with Gasteiger partial charge in [-0.25, -0.2) is 4.39 Å². The molecule has 5 nitrogen and oxygen atoms in total. The van der Waals surface area contributed by atoms with E-state index in [4.69, 9.17) is 0 Å². The molecular weight excluding hydrogens is 290 g/mol. The molecule has 0 aromatic heterocycles. The highest BCUT2D eigenvalue weighted by atomic mass is 32.2. The molecule has 0 bridgehead atoms. The van der Waals surface area contributed by atoms with E-state index in [0.29, 0.717) is 6.07 Å². The van der Waals surface area contributed by atoms with Gasteiger partial charge in [-0.2, -0.15) is 16.2 Å². The van der Waals surface area contributed by atoms with Crippen molar-refractivity contribution in [1.82, 2.24) is 5.32 Å². The lowest BCUT2D eigenvalue weighted by atomic mass is 10.1. The lowest BCUT2D eigenvalue weighted by molar-refractivity contribution is -0.387. The van der Waals surface area contributed by atoms with Gasteiger partial charge in [0.15, 0.2) is 0 Å². The Morgan fingerprint density at radius 2 is 2.15 bits per heavy atom. The van der Waals surface area contributed by atoms with Crippen molar-refractivity contribution in [3.05, 3.63) is 39.4 Å². The van der Waals surface area contributed by atoms with Crippen LogP contribution in [0.1, 0.15) is 23.2 Å². The number of amides is 1. The summed E-state index contributed by atoms with van der Waals surface area (Å²) in [7, 11) is 0. The fraction of sp³-hybridized carbons (Fsp3) is 0.417. The fourth-order valence-corrected chi connectivity index (χ4v) is 2.54. The van der Waals surface area contributed by atoms with E-state index in [1.807, 2.05) is 6.26 Å². The smallest absolute Gasteiger partial charge is 0.305 e. The third-order valence-electron chi connectivity index (χ3n) is 3.31. The quantitative estimate of drug-likeness (QED) is 0.670. The summed E-state index contributed by atoms with van der Waals surface area (Å²) in [6, 6.07) is 1.42. The Balaban J connectivity index is 2.21. The number of halogens is 2. The molecule has 0 spiro atoms. The molecule has 0 unspecified atom stereocenters. The van der Waals surface area contributed by atoms with Crippen molar-refractivity contribution in [2.24, 2.45) is 0 Å². The average Bonchev–Trinajstić information content (AvgIpc) is 3.16. The van der Waals surface area contributed by atoms with Crippen LogP contribution in [0.4, 0.5) is 14.5 Å². The zero-order chi connectivity index (χ0) is 14.9. The molecule has 0 heterocycles. The van der Waals surface area contributed by atoms with Gasteiger partial charge in [-0.1, -0.05) is 0 Å². The van der Waals surface area contributed by atoms with Crippen LogP contribution in [0.15, 0.2) is 12.1 Å². The molecule has 108 valence electrons. The molecule has 1 aliphatic carbocycles. The minimum Gasteiger partial charge on any atom is -0.350 e. The summed E-state index contributed by atoms with van der Waals surface area (Å²) >= 11 is 1.58. The summed E-state index contributed by atoms with van der Waals surface area (Å²) in [4.78, 5) is 21.4. The van der Waals surface area contributed by atoms with Crippen molar-refractivity contribution in [3.8, 4) is 0 Å². The lowest BCUT2D eigenvalue weighted by Crippen LogP contribution is -2.33. The van der Waals surface area contributed by atoms with Crippen molar-refractivity contribution in [2.75, 3.05) is 12.8 Å². The van der Waals surface area contributed by atoms with Gasteiger partial charge >= 0.3 is 5.69 Å². The Hall–Kier alpha value is -1.70. The van der Waals surface area contributed by atoms with E-state index in [1.54, 1.807) is 11.8 Å². The number of nitrogens with one attached hydrogen (secondary N) is 1. The molecule has 0 saturated heterocycles. The van der Waals surface area contributed by atoms with Crippen molar-refractivity contribution >= 4 is 23.4 Å². The second-order valence-electron chi connectivity index (χ2n) is 4.58. The highest BCUT2D eigenvalue weighted by Gasteiger charge is 2.42. The topological polar surface area (TPSA) is 72.2 Å². The molecule has 1 amide bonds. The summed E-state index contributed by atoms with van der Waals surface area (Å²) in [6.07, 6.45) is 3.75. The maximum absolute atomic E-state index is 13.8. The molecule has 0 radical (unpaired) electrons. The van der Waals surface area contributed by atoms with Gasteiger partial charge in [0.1, 0.15) is 11.4 Å². The second kappa shape index (κ2) is 5.35. The van der Waals surface area contributed by atoms with Crippen LogP contribution in [0.25, 0.3) is 0 Å². The summed E-state index contributed by atoms with van der Waals surface area (Å²) in [6.45, 7) is 0.286. The Bertz CT molecular complexity index is 576. The molecule has 0 atom stereocenters. The maximum Gasteiger partial charge on any atom is 0.305 e. The van der Waals surface area contributed by atoms with E-state index in [1.165, 1.54) is 0 Å². The lowest BCUT2D eigenvalue weighted by Gasteiger charge is -2.13. The Morgan fingerprint density at radius 3 is 2.65 bits per heavy atom. The van der Waals surface area contributed by atoms with Crippen LogP contribution in [-0.2, 0) is 0 Å². The molecule has 1 fully saturated rings. The second-order valence-corrected chi connectivity index (χ2v) is 5.86. The van der Waals surface area contributed by atoms with Crippen LogP contribution < -0.4 is 5.32 Å². The first-order chi connectivity index (χ1) is 9.40. The normalized spacial score (nSPS) is 15.8. The molecule has 1 N–H and O–H groups in total. The predicted molar refractivity (Wildman–Crippen MR) is 70.8 cm³/mol. The van der Waals surface area contributed by atoms with Crippen LogP contribution in [0.2, 0.25) is 0 Å². The van der Waals surface area contributed by atoms with Crippen LogP contribution in [0.5, 0.6) is 0 Å². The van der Waals surface area contributed by atoms with Gasteiger partial charge in [0.25, 0.3) is 5.91 Å². The average molecular weight is 302 g/mol. The van der Waals surface area contributed by atoms with Crippen LogP contribution in [0.3, 0.4) is 0 Å². The highest BCUT2D eigenvalue weighted by molar-refractivity contribution is 8.00. The van der Waals surface area contributed by atoms with E-state index < -0.39 is 33.7 Å². The molecule has 8 heteroatoms. The van der Waals surface area contributed by atoms with Gasteiger partial charge in [-0.05, 0) is 25.2 Å². The van der Waals surface area contributed by atoms with E-state index >= 15 is 0 Å². The maximum atomic E-state index is 13.8. The van der Waals surface area contributed by atoms with Crippen molar-refractivity contribution in [2.45, 2.75) is 17.6 Å². The SMILES string of the molecule is CSC1(CNC(=O)c2c(F)ccc([N+](=O)[O-])c2F)CC1. The molecule has 20 heavy (non-hydrogen) atoms. The van der Waals surface area contributed by atoms with Crippen molar-refractivity contribution in [3.63, 3.8) is 0 Å². The van der Waals surface area contributed by atoms with Gasteiger partial charge in [0, 0.05) is 17.4 Å². The van der Waals surface area contributed by atoms with E-state index in [9.17, 15) is 23.7 Å². The van der Waals surface area contributed by atoms with Crippen LogP contribution >= 0.6 is 11.8 Å². The highest BCUT2D eigenvalue weighted by Crippen LogP contribution is 2.46. The molecule has 2 rings (SSSR count). The number of benzene rings is 1. The zero-order valence-electron chi connectivity index (χ0n) is 10.6. The van der Waals surface area contributed by atoms with Crippen LogP contribution in [0, 0.1) is 21.7 Å². The van der Waals surface area contributed by atoms with E-state index in [-0.39, 0.29) is 11.3 Å². The standard InChI is InChI=1S/C12H12F2N2O3S/c1-20-12(4-5-12)6-15-11(17)9-7(13)2-3-8(10(9)14)16(18)19/h2-3H,4-6H2,1H3,(H,15,17). The third-order valence-corrected chi connectivity index (χ3v) is 4.72.